The molecule has 0 spiro atoms. The first-order valence-electron chi connectivity index (χ1n) is 10.6. The van der Waals surface area contributed by atoms with Crippen molar-refractivity contribution in [1.29, 1.82) is 0 Å². The number of hydrogen-bond acceptors (Lipinski definition) is 7. The minimum Gasteiger partial charge on any atom is -0.389 e. The molecule has 4 atom stereocenters. The Morgan fingerprint density at radius 1 is 1.29 bits per heavy atom. The van der Waals surface area contributed by atoms with E-state index in [0.29, 0.717) is 26.2 Å². The summed E-state index contributed by atoms with van der Waals surface area (Å²) in [6.07, 6.45) is 2.81. The first kappa shape index (κ1) is 22.3. The van der Waals surface area contributed by atoms with Crippen LogP contribution in [0.25, 0.3) is 0 Å². The van der Waals surface area contributed by atoms with Crippen molar-refractivity contribution in [3.63, 3.8) is 0 Å². The van der Waals surface area contributed by atoms with Crippen molar-refractivity contribution in [2.45, 2.75) is 56.7 Å². The van der Waals surface area contributed by atoms with Gasteiger partial charge in [-0.2, -0.15) is 0 Å². The zero-order chi connectivity index (χ0) is 21.6. The molecule has 7 nitrogen and oxygen atoms in total. The number of benzene rings is 1. The Labute approximate surface area is 185 Å². The maximum atomic E-state index is 13.0. The van der Waals surface area contributed by atoms with Crippen LogP contribution in [-0.4, -0.2) is 65.0 Å². The molecule has 2 saturated heterocycles. The van der Waals surface area contributed by atoms with E-state index in [1.807, 2.05) is 5.38 Å². The number of hydrogen-bond donors (Lipinski definition) is 2. The number of rotatable bonds is 6. The third kappa shape index (κ3) is 6.30. The molecular weight excluding hydrogens is 421 g/mol. The number of ether oxygens (including phenoxy) is 2. The van der Waals surface area contributed by atoms with E-state index in [4.69, 9.17) is 9.47 Å². The highest BCUT2D eigenvalue weighted by atomic mass is 32.1. The molecule has 1 amide bonds. The van der Waals surface area contributed by atoms with Crippen LogP contribution in [0.4, 0.5) is 4.39 Å². The number of aliphatic hydroxyl groups is 1. The Bertz CT molecular complexity index is 836. The van der Waals surface area contributed by atoms with E-state index < -0.39 is 6.10 Å². The van der Waals surface area contributed by atoms with Gasteiger partial charge in [0.15, 0.2) is 0 Å². The number of thiazole rings is 1. The van der Waals surface area contributed by atoms with Crippen molar-refractivity contribution < 1.29 is 23.8 Å². The summed E-state index contributed by atoms with van der Waals surface area (Å²) in [7, 11) is 0. The van der Waals surface area contributed by atoms with Crippen molar-refractivity contribution in [2.24, 2.45) is 0 Å². The number of aliphatic hydroxyl groups excluding tert-OH is 1. The summed E-state index contributed by atoms with van der Waals surface area (Å²) < 4.78 is 24.9. The third-order valence-electron chi connectivity index (χ3n) is 5.73. The molecule has 3 heterocycles. The third-order valence-corrected chi connectivity index (χ3v) is 6.49. The lowest BCUT2D eigenvalue weighted by Crippen LogP contribution is -2.55. The summed E-state index contributed by atoms with van der Waals surface area (Å²) in [6, 6.07) is 6.20. The number of amides is 1. The maximum Gasteiger partial charge on any atom is 0.222 e. The second kappa shape index (κ2) is 10.6. The van der Waals surface area contributed by atoms with E-state index in [2.05, 4.69) is 15.2 Å². The van der Waals surface area contributed by atoms with Crippen LogP contribution in [-0.2, 0) is 27.4 Å². The quantitative estimate of drug-likeness (QED) is 0.703. The van der Waals surface area contributed by atoms with Crippen LogP contribution in [0.2, 0.25) is 0 Å². The van der Waals surface area contributed by atoms with Gasteiger partial charge < -0.3 is 19.9 Å². The molecule has 31 heavy (non-hydrogen) atoms. The molecule has 1 aromatic heterocycles. The molecule has 168 valence electrons. The average molecular weight is 450 g/mol. The summed E-state index contributed by atoms with van der Waals surface area (Å²) >= 11 is 1.60. The van der Waals surface area contributed by atoms with Crippen molar-refractivity contribution in [1.82, 2.24) is 15.2 Å². The van der Waals surface area contributed by atoms with Gasteiger partial charge in [0, 0.05) is 30.7 Å². The van der Waals surface area contributed by atoms with Gasteiger partial charge in [0.2, 0.25) is 5.91 Å². The molecule has 2 aromatic rings. The topological polar surface area (TPSA) is 83.9 Å². The number of β-amino-alcohol motifs (C(OH)–C–C–N with tert-alkyl or cyclic N) is 1. The zero-order valence-electron chi connectivity index (χ0n) is 17.3. The summed E-state index contributed by atoms with van der Waals surface area (Å²) in [4.78, 5) is 19.0. The lowest BCUT2D eigenvalue weighted by Gasteiger charge is -2.44. The second-order valence-corrected chi connectivity index (χ2v) is 9.07. The molecule has 9 heteroatoms. The fraction of sp³-hybridized carbons (Fsp3) is 0.545. The van der Waals surface area contributed by atoms with Gasteiger partial charge in [-0.05, 0) is 30.5 Å². The fourth-order valence-corrected chi connectivity index (χ4v) is 4.86. The molecule has 2 fully saturated rings. The number of fused-ring (bicyclic) bond motifs is 1. The Morgan fingerprint density at radius 3 is 2.90 bits per heavy atom. The summed E-state index contributed by atoms with van der Waals surface area (Å²) in [6.45, 7) is 2.20. The smallest absolute Gasteiger partial charge is 0.222 e. The average Bonchev–Trinajstić information content (AvgIpc) is 3.25. The molecule has 0 unspecified atom stereocenters. The predicted molar refractivity (Wildman–Crippen MR) is 114 cm³/mol. The minimum atomic E-state index is -0.545. The van der Waals surface area contributed by atoms with Crippen molar-refractivity contribution >= 4 is 17.2 Å². The highest BCUT2D eigenvalue weighted by Gasteiger charge is 2.38. The molecule has 4 rings (SSSR count). The summed E-state index contributed by atoms with van der Waals surface area (Å²) in [5.74, 6) is -0.382. The molecule has 0 radical (unpaired) electrons. The zero-order valence-corrected chi connectivity index (χ0v) is 18.1. The highest BCUT2D eigenvalue weighted by Crippen LogP contribution is 2.29. The van der Waals surface area contributed by atoms with Gasteiger partial charge in [-0.1, -0.05) is 12.1 Å². The fourth-order valence-electron chi connectivity index (χ4n) is 4.21. The Hall–Kier alpha value is -1.91. The van der Waals surface area contributed by atoms with Crippen LogP contribution in [0, 0.1) is 5.82 Å². The minimum absolute atomic E-state index is 0.0883. The van der Waals surface area contributed by atoms with Crippen LogP contribution in [0.3, 0.4) is 0 Å². The van der Waals surface area contributed by atoms with Gasteiger partial charge in [-0.3, -0.25) is 9.69 Å². The predicted octanol–water partition coefficient (Wildman–Crippen LogP) is 2.10. The van der Waals surface area contributed by atoms with Crippen LogP contribution in [0.5, 0.6) is 0 Å². The maximum absolute atomic E-state index is 13.0. The van der Waals surface area contributed by atoms with Crippen molar-refractivity contribution in [3.8, 4) is 0 Å². The normalized spacial score (nSPS) is 27.2. The van der Waals surface area contributed by atoms with Crippen molar-refractivity contribution in [3.05, 3.63) is 52.2 Å². The van der Waals surface area contributed by atoms with Gasteiger partial charge in [0.05, 0.1) is 44.5 Å². The SMILES string of the molecule is O=C(C[C@@H]1CC[C@@H]2[C@H](COC[C@H](O)CN2Cc2nccs2)O1)NCc1ccc(F)cc1. The Balaban J connectivity index is 1.31. The number of halogens is 1. The van der Waals surface area contributed by atoms with E-state index in [-0.39, 0.29) is 43.0 Å². The molecular formula is C22H28FN3O4S. The number of carbonyl (C=O) groups is 1. The molecule has 0 bridgehead atoms. The van der Waals surface area contributed by atoms with E-state index in [9.17, 15) is 14.3 Å². The lowest BCUT2D eigenvalue weighted by molar-refractivity contribution is -0.158. The van der Waals surface area contributed by atoms with Gasteiger partial charge in [0.25, 0.3) is 0 Å². The Morgan fingerprint density at radius 2 is 2.13 bits per heavy atom. The molecule has 0 saturated carbocycles. The van der Waals surface area contributed by atoms with E-state index in [1.165, 1.54) is 12.1 Å². The van der Waals surface area contributed by atoms with E-state index >= 15 is 0 Å². The van der Waals surface area contributed by atoms with Crippen molar-refractivity contribution in [2.75, 3.05) is 19.8 Å². The standard InChI is InChI=1S/C22H28FN3O4S/c23-16-3-1-15(2-4-16)10-25-21(28)9-18-5-6-19-20(30-18)14-29-13-17(27)11-26(19)12-22-24-7-8-31-22/h1-4,7-8,17-20,27H,5-6,9-14H2,(H,25,28)/t17-,18+,19-,20+/m1/s1. The molecule has 2 N–H and O–H groups in total. The van der Waals surface area contributed by atoms with Crippen LogP contribution in [0.15, 0.2) is 35.8 Å². The molecule has 2 aliphatic heterocycles. The summed E-state index contributed by atoms with van der Waals surface area (Å²) in [5, 5.41) is 16.1. The molecule has 1 aromatic carbocycles. The number of nitrogens with zero attached hydrogens (tertiary/aromatic N) is 2. The Kier molecular flexibility index (Phi) is 7.62. The van der Waals surface area contributed by atoms with Crippen LogP contribution in [0.1, 0.15) is 29.8 Å². The van der Waals surface area contributed by atoms with Gasteiger partial charge >= 0.3 is 0 Å². The van der Waals surface area contributed by atoms with Crippen LogP contribution >= 0.6 is 11.3 Å². The first-order valence-corrected chi connectivity index (χ1v) is 11.5. The number of aromatic nitrogens is 1. The summed E-state index contributed by atoms with van der Waals surface area (Å²) in [5.41, 5.74) is 0.851. The van der Waals surface area contributed by atoms with E-state index in [1.54, 1.807) is 29.7 Å². The van der Waals surface area contributed by atoms with Gasteiger partial charge in [-0.25, -0.2) is 9.37 Å². The van der Waals surface area contributed by atoms with E-state index in [0.717, 1.165) is 23.4 Å². The monoisotopic (exact) mass is 449 g/mol. The second-order valence-electron chi connectivity index (χ2n) is 8.10. The molecule has 2 aliphatic rings. The largest absolute Gasteiger partial charge is 0.389 e. The lowest BCUT2D eigenvalue weighted by atomic mass is 9.94. The highest BCUT2D eigenvalue weighted by molar-refractivity contribution is 7.09. The van der Waals surface area contributed by atoms with Crippen LogP contribution < -0.4 is 5.32 Å². The van der Waals surface area contributed by atoms with Gasteiger partial charge in [-0.15, -0.1) is 11.3 Å². The number of carbonyl (C=O) groups excluding carboxylic acids is 1. The number of nitrogens with one attached hydrogen (secondary N) is 1. The van der Waals surface area contributed by atoms with Gasteiger partial charge in [0.1, 0.15) is 10.8 Å². The molecule has 0 aliphatic carbocycles. The first-order chi connectivity index (χ1) is 15.1.